The van der Waals surface area contributed by atoms with Crippen molar-refractivity contribution in [2.45, 2.75) is 13.5 Å². The fourth-order valence-corrected chi connectivity index (χ4v) is 3.28. The van der Waals surface area contributed by atoms with E-state index in [2.05, 4.69) is 40.1 Å². The van der Waals surface area contributed by atoms with Gasteiger partial charge in [0.15, 0.2) is 0 Å². The van der Waals surface area contributed by atoms with E-state index in [0.29, 0.717) is 6.54 Å². The molecular weight excluding hydrogens is 302 g/mol. The summed E-state index contributed by atoms with van der Waals surface area (Å²) < 4.78 is 13.1. The highest BCUT2D eigenvalue weighted by Crippen LogP contribution is 2.36. The number of hydrogen-bond acceptors (Lipinski definition) is 4. The van der Waals surface area contributed by atoms with Crippen molar-refractivity contribution in [1.29, 1.82) is 0 Å². The molecule has 1 N–H and O–H groups in total. The van der Waals surface area contributed by atoms with Crippen LogP contribution in [0.25, 0.3) is 21.8 Å². The molecule has 0 aliphatic rings. The molecule has 24 heavy (non-hydrogen) atoms. The van der Waals surface area contributed by atoms with Crippen LogP contribution in [-0.4, -0.2) is 16.7 Å². The quantitative estimate of drug-likeness (QED) is 0.610. The van der Waals surface area contributed by atoms with Gasteiger partial charge in [-0.3, -0.25) is 4.98 Å². The van der Waals surface area contributed by atoms with E-state index in [4.69, 9.17) is 9.15 Å². The smallest absolute Gasteiger partial charge is 0.144 e. The van der Waals surface area contributed by atoms with Gasteiger partial charge in [0.25, 0.3) is 0 Å². The molecule has 4 rings (SSSR count). The topological polar surface area (TPSA) is 52.2 Å². The van der Waals surface area contributed by atoms with Crippen molar-refractivity contribution >= 4 is 27.5 Å². The van der Waals surface area contributed by atoms with Crippen molar-refractivity contribution in [2.24, 2.45) is 7.05 Å². The zero-order chi connectivity index (χ0) is 16.7. The zero-order valence-electron chi connectivity index (χ0n) is 14.0. The standard InChI is InChI=1S/C19H19N3O2/c1-12-19-14(6-7-20-12)15-9-16(21-11-13-5-4-8-24-13)18(23-3)10-17(15)22(19)2/h4-10,21H,11H2,1-3H3. The minimum atomic E-state index is 0.611. The van der Waals surface area contributed by atoms with Gasteiger partial charge in [0.05, 0.1) is 42.3 Å². The fraction of sp³-hybridized carbons (Fsp3) is 0.211. The Morgan fingerprint density at radius 1 is 1.25 bits per heavy atom. The summed E-state index contributed by atoms with van der Waals surface area (Å²) >= 11 is 0. The Hall–Kier alpha value is -2.95. The second-order valence-electron chi connectivity index (χ2n) is 5.85. The molecule has 0 spiro atoms. The number of rotatable bonds is 4. The van der Waals surface area contributed by atoms with Crippen LogP contribution in [0.3, 0.4) is 0 Å². The number of benzene rings is 1. The highest BCUT2D eigenvalue weighted by Gasteiger charge is 2.14. The van der Waals surface area contributed by atoms with Gasteiger partial charge in [0, 0.05) is 30.1 Å². The van der Waals surface area contributed by atoms with E-state index in [9.17, 15) is 0 Å². The molecule has 122 valence electrons. The zero-order valence-corrected chi connectivity index (χ0v) is 14.0. The van der Waals surface area contributed by atoms with Gasteiger partial charge in [-0.25, -0.2) is 0 Å². The van der Waals surface area contributed by atoms with Crippen LogP contribution < -0.4 is 10.1 Å². The molecule has 0 saturated heterocycles. The summed E-state index contributed by atoms with van der Waals surface area (Å²) in [5.74, 6) is 1.70. The Labute approximate surface area is 139 Å². The number of nitrogens with zero attached hydrogens (tertiary/aromatic N) is 2. The molecule has 4 aromatic rings. The first-order valence-electron chi connectivity index (χ1n) is 7.87. The average Bonchev–Trinajstić information content (AvgIpc) is 3.20. The summed E-state index contributed by atoms with van der Waals surface area (Å²) in [6.45, 7) is 2.65. The molecule has 0 fully saturated rings. The molecule has 0 aliphatic heterocycles. The molecule has 0 unspecified atom stereocenters. The number of nitrogens with one attached hydrogen (secondary N) is 1. The van der Waals surface area contributed by atoms with Crippen LogP contribution >= 0.6 is 0 Å². The Balaban J connectivity index is 1.87. The van der Waals surface area contributed by atoms with Crippen LogP contribution in [0.2, 0.25) is 0 Å². The molecule has 0 atom stereocenters. The fourth-order valence-electron chi connectivity index (χ4n) is 3.28. The molecule has 5 nitrogen and oxygen atoms in total. The molecule has 0 radical (unpaired) electrons. The molecule has 0 bridgehead atoms. The lowest BCUT2D eigenvalue weighted by molar-refractivity contribution is 0.416. The minimum Gasteiger partial charge on any atom is -0.495 e. The van der Waals surface area contributed by atoms with E-state index in [1.807, 2.05) is 25.3 Å². The van der Waals surface area contributed by atoms with Crippen LogP contribution in [0.5, 0.6) is 5.75 Å². The number of aryl methyl sites for hydroxylation is 2. The van der Waals surface area contributed by atoms with Gasteiger partial charge in [-0.1, -0.05) is 0 Å². The Kier molecular flexibility index (Phi) is 3.41. The van der Waals surface area contributed by atoms with Gasteiger partial charge in [0.2, 0.25) is 0 Å². The number of anilines is 1. The molecule has 3 heterocycles. The number of pyridine rings is 1. The third-order valence-corrected chi connectivity index (χ3v) is 4.45. The second-order valence-corrected chi connectivity index (χ2v) is 5.85. The summed E-state index contributed by atoms with van der Waals surface area (Å²) in [6, 6.07) is 10.1. The highest BCUT2D eigenvalue weighted by atomic mass is 16.5. The summed E-state index contributed by atoms with van der Waals surface area (Å²) in [6.07, 6.45) is 3.54. The SMILES string of the molecule is COc1cc2c(cc1NCc1ccco1)c1ccnc(C)c1n2C. The van der Waals surface area contributed by atoms with Gasteiger partial charge in [-0.15, -0.1) is 0 Å². The summed E-state index contributed by atoms with van der Waals surface area (Å²) in [5, 5.41) is 5.78. The van der Waals surface area contributed by atoms with E-state index in [-0.39, 0.29) is 0 Å². The van der Waals surface area contributed by atoms with Crippen LogP contribution in [0, 0.1) is 6.92 Å². The predicted octanol–water partition coefficient (Wildman–Crippen LogP) is 4.25. The monoisotopic (exact) mass is 321 g/mol. The first-order valence-corrected chi connectivity index (χ1v) is 7.87. The normalized spacial score (nSPS) is 11.3. The molecule has 0 amide bonds. The van der Waals surface area contributed by atoms with E-state index < -0.39 is 0 Å². The number of methoxy groups -OCH3 is 1. The molecule has 3 aromatic heterocycles. The Morgan fingerprint density at radius 3 is 2.88 bits per heavy atom. The summed E-state index contributed by atoms with van der Waals surface area (Å²) in [5.41, 5.74) is 4.25. The van der Waals surface area contributed by atoms with Gasteiger partial charge in [-0.05, 0) is 31.2 Å². The third kappa shape index (κ3) is 2.21. The van der Waals surface area contributed by atoms with Crippen molar-refractivity contribution in [3.63, 3.8) is 0 Å². The van der Waals surface area contributed by atoms with Crippen molar-refractivity contribution in [3.8, 4) is 5.75 Å². The lowest BCUT2D eigenvalue weighted by atomic mass is 10.1. The van der Waals surface area contributed by atoms with Gasteiger partial charge in [-0.2, -0.15) is 0 Å². The first kappa shape index (κ1) is 14.6. The molecule has 0 saturated carbocycles. The van der Waals surface area contributed by atoms with Crippen molar-refractivity contribution < 1.29 is 9.15 Å². The molecular formula is C19H19N3O2. The van der Waals surface area contributed by atoms with Crippen LogP contribution in [-0.2, 0) is 13.6 Å². The lowest BCUT2D eigenvalue weighted by Crippen LogP contribution is -2.00. The second kappa shape index (κ2) is 5.60. The number of hydrogen-bond donors (Lipinski definition) is 1. The number of furan rings is 1. The number of aromatic nitrogens is 2. The number of fused-ring (bicyclic) bond motifs is 3. The maximum absolute atomic E-state index is 5.58. The Bertz CT molecular complexity index is 1020. The predicted molar refractivity (Wildman–Crippen MR) is 95.5 cm³/mol. The van der Waals surface area contributed by atoms with Gasteiger partial charge < -0.3 is 19.0 Å². The largest absolute Gasteiger partial charge is 0.495 e. The van der Waals surface area contributed by atoms with E-state index >= 15 is 0 Å². The third-order valence-electron chi connectivity index (χ3n) is 4.45. The van der Waals surface area contributed by atoms with Gasteiger partial charge in [0.1, 0.15) is 11.5 Å². The van der Waals surface area contributed by atoms with E-state index in [1.54, 1.807) is 13.4 Å². The van der Waals surface area contributed by atoms with Crippen molar-refractivity contribution in [2.75, 3.05) is 12.4 Å². The maximum atomic E-state index is 5.58. The summed E-state index contributed by atoms with van der Waals surface area (Å²) in [4.78, 5) is 4.42. The molecule has 5 heteroatoms. The highest BCUT2D eigenvalue weighted by molar-refractivity contribution is 6.10. The van der Waals surface area contributed by atoms with Crippen LogP contribution in [0.1, 0.15) is 11.5 Å². The average molecular weight is 321 g/mol. The van der Waals surface area contributed by atoms with Gasteiger partial charge >= 0.3 is 0 Å². The van der Waals surface area contributed by atoms with E-state index in [0.717, 1.165) is 33.9 Å². The number of ether oxygens (including phenoxy) is 1. The first-order chi connectivity index (χ1) is 11.7. The van der Waals surface area contributed by atoms with E-state index in [1.165, 1.54) is 10.8 Å². The van der Waals surface area contributed by atoms with Crippen molar-refractivity contribution in [3.05, 3.63) is 54.2 Å². The maximum Gasteiger partial charge on any atom is 0.144 e. The van der Waals surface area contributed by atoms with Crippen molar-refractivity contribution in [1.82, 2.24) is 9.55 Å². The minimum absolute atomic E-state index is 0.611. The van der Waals surface area contributed by atoms with Crippen LogP contribution in [0.4, 0.5) is 5.69 Å². The molecule has 1 aromatic carbocycles. The molecule has 0 aliphatic carbocycles. The van der Waals surface area contributed by atoms with Crippen LogP contribution in [0.15, 0.2) is 47.2 Å². The lowest BCUT2D eigenvalue weighted by Gasteiger charge is -2.11. The Morgan fingerprint density at radius 2 is 2.12 bits per heavy atom. The summed E-state index contributed by atoms with van der Waals surface area (Å²) in [7, 11) is 3.75.